The van der Waals surface area contributed by atoms with E-state index in [0.29, 0.717) is 33.8 Å². The molecule has 1 aromatic carbocycles. The van der Waals surface area contributed by atoms with Gasteiger partial charge in [0.15, 0.2) is 0 Å². The van der Waals surface area contributed by atoms with Crippen LogP contribution in [0.2, 0.25) is 10.0 Å². The molecule has 0 N–H and O–H groups in total. The Morgan fingerprint density at radius 2 is 1.73 bits per heavy atom. The highest BCUT2D eigenvalue weighted by Gasteiger charge is 2.49. The average molecular weight is 630 g/mol. The molecule has 9 rings (SSSR count). The second-order valence-corrected chi connectivity index (χ2v) is 13.6. The monoisotopic (exact) mass is 628 g/mol. The summed E-state index contributed by atoms with van der Waals surface area (Å²) in [5.41, 5.74) is 3.29. The molecule has 7 nitrogen and oxygen atoms in total. The summed E-state index contributed by atoms with van der Waals surface area (Å²) in [7, 11) is 0. The van der Waals surface area contributed by atoms with Crippen LogP contribution in [0, 0.1) is 17.3 Å². The molecule has 1 saturated heterocycles. The number of fused-ring (bicyclic) bond motifs is 4. The molecule has 9 heteroatoms. The summed E-state index contributed by atoms with van der Waals surface area (Å²) in [6.45, 7) is 3.67. The fraction of sp³-hybridized carbons (Fsp3) is 0.457. The van der Waals surface area contributed by atoms with Crippen molar-refractivity contribution in [2.75, 3.05) is 31.2 Å². The van der Waals surface area contributed by atoms with Crippen LogP contribution < -0.4 is 4.90 Å². The summed E-state index contributed by atoms with van der Waals surface area (Å²) in [6.07, 6.45) is 13.5. The first kappa shape index (κ1) is 28.3. The third-order valence-corrected chi connectivity index (χ3v) is 10.7. The highest BCUT2D eigenvalue weighted by molar-refractivity contribution is 6.38. The number of hydrogen-bond acceptors (Lipinski definition) is 7. The van der Waals surface area contributed by atoms with Crippen molar-refractivity contribution in [2.45, 2.75) is 69.5 Å². The van der Waals surface area contributed by atoms with Crippen molar-refractivity contribution >= 4 is 39.8 Å². The van der Waals surface area contributed by atoms with Crippen LogP contribution in [0.1, 0.15) is 74.2 Å². The number of pyridine rings is 2. The molecule has 0 atom stereocenters. The molecule has 3 aromatic heterocycles. The topological polar surface area (TPSA) is 73.5 Å². The minimum absolute atomic E-state index is 0.0525. The largest absolute Gasteiger partial charge is 0.378 e. The van der Waals surface area contributed by atoms with E-state index in [4.69, 9.17) is 42.2 Å². The Labute approximate surface area is 267 Å². The number of aromatic nitrogens is 3. The molecule has 0 spiro atoms. The van der Waals surface area contributed by atoms with E-state index in [1.807, 2.05) is 6.20 Å². The number of benzene rings is 1. The van der Waals surface area contributed by atoms with Crippen molar-refractivity contribution in [1.29, 1.82) is 0 Å². The van der Waals surface area contributed by atoms with Gasteiger partial charge in [0.25, 0.3) is 0 Å². The molecule has 5 fully saturated rings. The quantitative estimate of drug-likeness (QED) is 0.200. The van der Waals surface area contributed by atoms with Crippen molar-refractivity contribution < 1.29 is 14.0 Å². The lowest BCUT2D eigenvalue weighted by atomic mass is 9.59. The van der Waals surface area contributed by atoms with Gasteiger partial charge in [0, 0.05) is 65.1 Å². The number of anilines is 1. The SMILES string of the molecule is Clc1cncc(Cl)c1-c1noc(C2CC2)c1COC12CCC(C#Cc3ccc4c(N5CCOCC5)nccc4c3)(CC1)CC2. The minimum atomic E-state index is -0.142. The van der Waals surface area contributed by atoms with Gasteiger partial charge in [-0.3, -0.25) is 4.98 Å². The first-order valence-corrected chi connectivity index (χ1v) is 16.4. The highest BCUT2D eigenvalue weighted by Crippen LogP contribution is 2.54. The molecule has 4 heterocycles. The fourth-order valence-electron chi connectivity index (χ4n) is 7.21. The van der Waals surface area contributed by atoms with E-state index in [1.54, 1.807) is 12.4 Å². The number of ether oxygens (including phenoxy) is 2. The van der Waals surface area contributed by atoms with Gasteiger partial charge < -0.3 is 18.9 Å². The van der Waals surface area contributed by atoms with Crippen LogP contribution in [-0.2, 0) is 16.1 Å². The van der Waals surface area contributed by atoms with E-state index in [0.717, 1.165) is 100 Å². The van der Waals surface area contributed by atoms with E-state index in [1.165, 1.54) is 10.8 Å². The van der Waals surface area contributed by atoms with Crippen molar-refractivity contribution in [3.63, 3.8) is 0 Å². The lowest BCUT2D eigenvalue weighted by molar-refractivity contribution is -0.131. The Morgan fingerprint density at radius 3 is 2.45 bits per heavy atom. The zero-order valence-corrected chi connectivity index (χ0v) is 26.1. The van der Waals surface area contributed by atoms with Gasteiger partial charge >= 0.3 is 0 Å². The first-order valence-electron chi connectivity index (χ1n) is 15.7. The van der Waals surface area contributed by atoms with Gasteiger partial charge in [0.1, 0.15) is 17.3 Å². The predicted octanol–water partition coefficient (Wildman–Crippen LogP) is 7.97. The molecule has 1 aliphatic heterocycles. The molecule has 226 valence electrons. The minimum Gasteiger partial charge on any atom is -0.378 e. The van der Waals surface area contributed by atoms with E-state index in [-0.39, 0.29) is 11.0 Å². The zero-order valence-electron chi connectivity index (χ0n) is 24.6. The Hall–Kier alpha value is -3.15. The average Bonchev–Trinajstić information content (AvgIpc) is 3.83. The van der Waals surface area contributed by atoms with Gasteiger partial charge in [-0.2, -0.15) is 0 Å². The molecule has 0 unspecified atom stereocenters. The number of nitrogens with zero attached hydrogens (tertiary/aromatic N) is 4. The van der Waals surface area contributed by atoms with Crippen molar-refractivity contribution in [2.24, 2.45) is 5.41 Å². The van der Waals surface area contributed by atoms with Gasteiger partial charge in [-0.15, -0.1) is 0 Å². The standard InChI is InChI=1S/C35H34Cl2N4O3/c36-28-20-38-21-29(37)30(28)31-27(32(44-40-31)24-2-3-24)22-43-35-11-8-34(9-12-35,10-13-35)7-5-23-1-4-26-25(19-23)6-14-39-33(26)41-15-17-42-18-16-41/h1,4,6,14,19-21,24H,2-3,8-13,15-18,22H2. The molecule has 4 saturated carbocycles. The van der Waals surface area contributed by atoms with Gasteiger partial charge in [-0.05, 0) is 81.0 Å². The van der Waals surface area contributed by atoms with Crippen LogP contribution >= 0.6 is 23.2 Å². The summed E-state index contributed by atoms with van der Waals surface area (Å²) < 4.78 is 18.2. The third kappa shape index (κ3) is 5.26. The molecular formula is C35H34Cl2N4O3. The Bertz CT molecular complexity index is 1740. The second kappa shape index (κ2) is 11.3. The maximum Gasteiger partial charge on any atom is 0.145 e. The molecule has 0 radical (unpaired) electrons. The number of morpholine rings is 1. The molecule has 4 aliphatic carbocycles. The summed E-state index contributed by atoms with van der Waals surface area (Å²) in [5, 5.41) is 7.70. The van der Waals surface area contributed by atoms with E-state index in [2.05, 4.69) is 51.1 Å². The van der Waals surface area contributed by atoms with Crippen molar-refractivity contribution in [3.05, 3.63) is 69.8 Å². The van der Waals surface area contributed by atoms with Gasteiger partial charge in [-0.1, -0.05) is 40.2 Å². The van der Waals surface area contributed by atoms with Crippen LogP contribution in [-0.4, -0.2) is 47.0 Å². The smallest absolute Gasteiger partial charge is 0.145 e. The Morgan fingerprint density at radius 1 is 0.977 bits per heavy atom. The molecule has 2 bridgehead atoms. The van der Waals surface area contributed by atoms with E-state index >= 15 is 0 Å². The van der Waals surface area contributed by atoms with Gasteiger partial charge in [0.2, 0.25) is 0 Å². The van der Waals surface area contributed by atoms with E-state index in [9.17, 15) is 0 Å². The fourth-order valence-corrected chi connectivity index (χ4v) is 7.76. The summed E-state index contributed by atoms with van der Waals surface area (Å²) >= 11 is 13.0. The van der Waals surface area contributed by atoms with Crippen molar-refractivity contribution in [1.82, 2.24) is 15.1 Å². The number of rotatable bonds is 6. The molecular weight excluding hydrogens is 595 g/mol. The van der Waals surface area contributed by atoms with Crippen LogP contribution in [0.3, 0.4) is 0 Å². The predicted molar refractivity (Wildman–Crippen MR) is 171 cm³/mol. The van der Waals surface area contributed by atoms with Gasteiger partial charge in [-0.25, -0.2) is 4.98 Å². The van der Waals surface area contributed by atoms with Gasteiger partial charge in [0.05, 0.1) is 35.5 Å². The molecule has 4 aromatic rings. The lowest BCUT2D eigenvalue weighted by Crippen LogP contribution is -2.47. The van der Waals surface area contributed by atoms with Crippen LogP contribution in [0.25, 0.3) is 22.0 Å². The van der Waals surface area contributed by atoms with E-state index < -0.39 is 0 Å². The van der Waals surface area contributed by atoms with Crippen LogP contribution in [0.4, 0.5) is 5.82 Å². The third-order valence-electron chi connectivity index (χ3n) is 10.1. The van der Waals surface area contributed by atoms with Crippen molar-refractivity contribution in [3.8, 4) is 23.1 Å². The molecule has 5 aliphatic rings. The molecule has 0 amide bonds. The Balaban J connectivity index is 0.974. The van der Waals surface area contributed by atoms with Crippen LogP contribution in [0.15, 0.2) is 47.4 Å². The zero-order chi connectivity index (χ0) is 29.7. The highest BCUT2D eigenvalue weighted by atomic mass is 35.5. The number of halogens is 2. The summed E-state index contributed by atoms with van der Waals surface area (Å²) in [6, 6.07) is 8.61. The maximum absolute atomic E-state index is 6.81. The lowest BCUT2D eigenvalue weighted by Gasteiger charge is -2.51. The summed E-state index contributed by atoms with van der Waals surface area (Å²) in [5.74, 6) is 9.63. The second-order valence-electron chi connectivity index (χ2n) is 12.8. The van der Waals surface area contributed by atoms with Crippen LogP contribution in [0.5, 0.6) is 0 Å². The number of hydrogen-bond donors (Lipinski definition) is 0. The maximum atomic E-state index is 6.81. The first-order chi connectivity index (χ1) is 21.5. The Kier molecular flexibility index (Phi) is 7.30. The summed E-state index contributed by atoms with van der Waals surface area (Å²) in [4.78, 5) is 11.1. The molecule has 44 heavy (non-hydrogen) atoms. The normalized spacial score (nSPS) is 24.8.